The molecule has 0 aromatic heterocycles. The number of hydrogen-bond donors (Lipinski definition) is 1. The van der Waals surface area contributed by atoms with Crippen molar-refractivity contribution in [3.63, 3.8) is 0 Å². The third-order valence-corrected chi connectivity index (χ3v) is 4.71. The monoisotopic (exact) mass is 309 g/mol. The largest absolute Gasteiger partial charge is 0.487 e. The molecule has 1 aromatic carbocycles. The van der Waals surface area contributed by atoms with Gasteiger partial charge in [0.15, 0.2) is 11.6 Å². The summed E-state index contributed by atoms with van der Waals surface area (Å²) in [4.78, 5) is 0.191. The molecule has 1 aliphatic heterocycles. The van der Waals surface area contributed by atoms with E-state index in [1.54, 1.807) is 12.1 Å². The molecule has 1 saturated carbocycles. The van der Waals surface area contributed by atoms with Crippen LogP contribution in [0.5, 0.6) is 5.75 Å². The van der Waals surface area contributed by atoms with E-state index >= 15 is 0 Å². The Labute approximate surface area is 129 Å². The van der Waals surface area contributed by atoms with E-state index in [9.17, 15) is 4.39 Å². The lowest BCUT2D eigenvalue weighted by Crippen LogP contribution is -2.41. The zero-order valence-electron chi connectivity index (χ0n) is 11.9. The molecule has 1 unspecified atom stereocenters. The average Bonchev–Trinajstić information content (AvgIpc) is 2.89. The molecule has 2 N–H and O–H groups in total. The topological polar surface area (TPSA) is 44.5 Å². The van der Waals surface area contributed by atoms with Crippen LogP contribution in [0.25, 0.3) is 0 Å². The summed E-state index contributed by atoms with van der Waals surface area (Å²) in [7, 11) is 0. The molecule has 21 heavy (non-hydrogen) atoms. The van der Waals surface area contributed by atoms with Crippen molar-refractivity contribution in [3.05, 3.63) is 29.6 Å². The van der Waals surface area contributed by atoms with Crippen molar-refractivity contribution in [3.8, 4) is 5.75 Å². The Hall–Kier alpha value is -1.20. The fraction of sp³-hybridized carbons (Fsp3) is 0.562. The molecule has 1 saturated heterocycles. The highest BCUT2D eigenvalue weighted by atomic mass is 32.1. The van der Waals surface area contributed by atoms with Crippen LogP contribution in [0.4, 0.5) is 4.39 Å². The van der Waals surface area contributed by atoms with E-state index in [1.165, 1.54) is 18.9 Å². The molecule has 2 fully saturated rings. The highest BCUT2D eigenvalue weighted by molar-refractivity contribution is 7.80. The van der Waals surface area contributed by atoms with Gasteiger partial charge in [-0.05, 0) is 31.0 Å². The van der Waals surface area contributed by atoms with Crippen LogP contribution in [-0.2, 0) is 4.74 Å². The van der Waals surface area contributed by atoms with E-state index in [0.29, 0.717) is 12.2 Å². The van der Waals surface area contributed by atoms with E-state index in [4.69, 9.17) is 27.4 Å². The Morgan fingerprint density at radius 3 is 2.81 bits per heavy atom. The molecule has 0 radical (unpaired) electrons. The fourth-order valence-electron chi connectivity index (χ4n) is 3.38. The van der Waals surface area contributed by atoms with Gasteiger partial charge in [0.05, 0.1) is 12.2 Å². The maximum absolute atomic E-state index is 14.1. The predicted octanol–water partition coefficient (Wildman–Crippen LogP) is 3.33. The number of rotatable bonds is 3. The van der Waals surface area contributed by atoms with Crippen LogP contribution in [0.2, 0.25) is 0 Å². The first-order chi connectivity index (χ1) is 10.1. The number of ether oxygens (including phenoxy) is 2. The Balaban J connectivity index is 1.70. The highest BCUT2D eigenvalue weighted by Gasteiger charge is 2.40. The molecular formula is C16H20FNO2S. The van der Waals surface area contributed by atoms with Gasteiger partial charge in [-0.2, -0.15) is 0 Å². The SMILES string of the molecule is NC(=S)c1ccc(OC2CCOC3(CCCC3)C2)c(F)c1. The molecule has 3 rings (SSSR count). The summed E-state index contributed by atoms with van der Waals surface area (Å²) in [6, 6.07) is 4.65. The van der Waals surface area contributed by atoms with Crippen molar-refractivity contribution in [2.75, 3.05) is 6.61 Å². The molecule has 1 spiro atoms. The summed E-state index contributed by atoms with van der Waals surface area (Å²) in [5, 5.41) is 0. The smallest absolute Gasteiger partial charge is 0.165 e. The summed E-state index contributed by atoms with van der Waals surface area (Å²) in [5.41, 5.74) is 6.00. The van der Waals surface area contributed by atoms with Gasteiger partial charge in [-0.3, -0.25) is 0 Å². The lowest BCUT2D eigenvalue weighted by molar-refractivity contribution is -0.108. The number of thiocarbonyl (C=S) groups is 1. The van der Waals surface area contributed by atoms with Crippen molar-refractivity contribution in [2.24, 2.45) is 5.73 Å². The van der Waals surface area contributed by atoms with Gasteiger partial charge in [-0.25, -0.2) is 4.39 Å². The van der Waals surface area contributed by atoms with Gasteiger partial charge in [0.25, 0.3) is 0 Å². The van der Waals surface area contributed by atoms with Crippen molar-refractivity contribution in [2.45, 2.75) is 50.2 Å². The second-order valence-corrected chi connectivity index (χ2v) is 6.42. The molecule has 1 aliphatic carbocycles. The van der Waals surface area contributed by atoms with E-state index < -0.39 is 5.82 Å². The van der Waals surface area contributed by atoms with E-state index in [1.807, 2.05) is 0 Å². The van der Waals surface area contributed by atoms with Crippen LogP contribution in [0.1, 0.15) is 44.1 Å². The summed E-state index contributed by atoms with van der Waals surface area (Å²) >= 11 is 4.85. The molecule has 1 atom stereocenters. The van der Waals surface area contributed by atoms with Gasteiger partial charge in [0.1, 0.15) is 11.1 Å². The zero-order chi connectivity index (χ0) is 14.9. The lowest BCUT2D eigenvalue weighted by atomic mass is 9.90. The molecule has 0 amide bonds. The van der Waals surface area contributed by atoms with Crippen molar-refractivity contribution in [1.82, 2.24) is 0 Å². The van der Waals surface area contributed by atoms with Crippen LogP contribution in [-0.4, -0.2) is 23.3 Å². The quantitative estimate of drug-likeness (QED) is 0.870. The second kappa shape index (κ2) is 5.89. The molecule has 3 nitrogen and oxygen atoms in total. The third-order valence-electron chi connectivity index (χ3n) is 4.47. The van der Waals surface area contributed by atoms with E-state index in [0.717, 1.165) is 25.7 Å². The minimum Gasteiger partial charge on any atom is -0.487 e. The molecule has 5 heteroatoms. The first-order valence-corrected chi connectivity index (χ1v) is 7.89. The number of nitrogens with two attached hydrogens (primary N) is 1. The first kappa shape index (κ1) is 14.7. The highest BCUT2D eigenvalue weighted by Crippen LogP contribution is 2.41. The Morgan fingerprint density at radius 2 is 2.14 bits per heavy atom. The average molecular weight is 309 g/mol. The molecule has 1 aromatic rings. The van der Waals surface area contributed by atoms with Crippen molar-refractivity contribution >= 4 is 17.2 Å². The Kier molecular flexibility index (Phi) is 4.13. The molecule has 114 valence electrons. The van der Waals surface area contributed by atoms with Gasteiger partial charge in [0, 0.05) is 18.4 Å². The summed E-state index contributed by atoms with van der Waals surface area (Å²) < 4.78 is 25.9. The summed E-state index contributed by atoms with van der Waals surface area (Å²) in [6.07, 6.45) is 6.28. The van der Waals surface area contributed by atoms with Crippen molar-refractivity contribution < 1.29 is 13.9 Å². The Bertz CT molecular complexity index is 543. The molecule has 2 aliphatic rings. The Morgan fingerprint density at radius 1 is 1.38 bits per heavy atom. The second-order valence-electron chi connectivity index (χ2n) is 5.98. The molecular weight excluding hydrogens is 289 g/mol. The minimum atomic E-state index is -0.410. The van der Waals surface area contributed by atoms with Crippen LogP contribution in [0.3, 0.4) is 0 Å². The van der Waals surface area contributed by atoms with Gasteiger partial charge in [0.2, 0.25) is 0 Å². The van der Waals surface area contributed by atoms with E-state index in [2.05, 4.69) is 0 Å². The molecule has 0 bridgehead atoms. The fourth-order valence-corrected chi connectivity index (χ4v) is 3.51. The normalized spacial score (nSPS) is 24.1. The summed E-state index contributed by atoms with van der Waals surface area (Å²) in [5.74, 6) is -0.137. The number of benzene rings is 1. The van der Waals surface area contributed by atoms with Crippen LogP contribution in [0.15, 0.2) is 18.2 Å². The third kappa shape index (κ3) is 3.19. The first-order valence-electron chi connectivity index (χ1n) is 7.48. The van der Waals surface area contributed by atoms with Gasteiger partial charge in [-0.1, -0.05) is 25.1 Å². The van der Waals surface area contributed by atoms with Gasteiger partial charge >= 0.3 is 0 Å². The molecule has 1 heterocycles. The van der Waals surface area contributed by atoms with Gasteiger partial charge < -0.3 is 15.2 Å². The van der Waals surface area contributed by atoms with Gasteiger partial charge in [-0.15, -0.1) is 0 Å². The standard InChI is InChI=1S/C16H20FNO2S/c17-13-9-11(15(18)21)3-4-14(13)20-12-5-8-19-16(10-12)6-1-2-7-16/h3-4,9,12H,1-2,5-8,10H2,(H2,18,21). The number of hydrogen-bond acceptors (Lipinski definition) is 3. The van der Waals surface area contributed by atoms with Crippen molar-refractivity contribution in [1.29, 1.82) is 0 Å². The van der Waals surface area contributed by atoms with Crippen LogP contribution < -0.4 is 10.5 Å². The summed E-state index contributed by atoms with van der Waals surface area (Å²) in [6.45, 7) is 0.692. The van der Waals surface area contributed by atoms with E-state index in [-0.39, 0.29) is 22.4 Å². The maximum atomic E-state index is 14.1. The van der Waals surface area contributed by atoms with Crippen LogP contribution in [0, 0.1) is 5.82 Å². The lowest BCUT2D eigenvalue weighted by Gasteiger charge is -2.38. The zero-order valence-corrected chi connectivity index (χ0v) is 12.8. The van der Waals surface area contributed by atoms with Crippen LogP contribution >= 0.6 is 12.2 Å². The maximum Gasteiger partial charge on any atom is 0.165 e. The number of halogens is 1. The minimum absolute atomic E-state index is 0.0158. The predicted molar refractivity (Wildman–Crippen MR) is 83.1 cm³/mol.